The number of rotatable bonds is 3. The number of hydrazone groups is 1. The Balaban J connectivity index is 2.30. The predicted molar refractivity (Wildman–Crippen MR) is 85.2 cm³/mol. The highest BCUT2D eigenvalue weighted by atomic mass is 35.5. The Kier molecular flexibility index (Phi) is 4.62. The third kappa shape index (κ3) is 3.35. The van der Waals surface area contributed by atoms with Crippen LogP contribution in [0, 0.1) is 13.8 Å². The fourth-order valence-electron chi connectivity index (χ4n) is 2.15. The quantitative estimate of drug-likeness (QED) is 0.512. The van der Waals surface area contributed by atoms with Crippen LogP contribution in [0.3, 0.4) is 0 Å². The van der Waals surface area contributed by atoms with Crippen molar-refractivity contribution in [2.45, 2.75) is 13.8 Å². The van der Waals surface area contributed by atoms with E-state index in [2.05, 4.69) is 10.5 Å². The van der Waals surface area contributed by atoms with E-state index in [0.29, 0.717) is 5.02 Å². The molecule has 114 valence electrons. The molecule has 1 aromatic carbocycles. The maximum absolute atomic E-state index is 11.0. The SMILES string of the molecule is Cc1cc(/C=N\NC(=O)C(N)=O)c(C)n1-c1cccc(Cl)c1. The molecule has 0 fully saturated rings. The standard InChI is InChI=1S/C15H15ClN4O2/c1-9-6-11(8-18-19-15(22)14(17)21)10(2)20(9)13-5-3-4-12(16)7-13/h3-8H,1-2H3,(H2,17,21)(H,19,22)/b18-8-. The highest BCUT2D eigenvalue weighted by Crippen LogP contribution is 2.22. The summed E-state index contributed by atoms with van der Waals surface area (Å²) in [5.74, 6) is -2.04. The minimum Gasteiger partial charge on any atom is -0.361 e. The maximum Gasteiger partial charge on any atom is 0.329 e. The molecule has 0 saturated heterocycles. The summed E-state index contributed by atoms with van der Waals surface area (Å²) in [4.78, 5) is 21.6. The molecule has 2 amide bonds. The maximum atomic E-state index is 11.0. The van der Waals surface area contributed by atoms with Crippen LogP contribution in [0.25, 0.3) is 5.69 Å². The second-order valence-corrected chi connectivity index (χ2v) is 5.14. The Morgan fingerprint density at radius 2 is 2.05 bits per heavy atom. The summed E-state index contributed by atoms with van der Waals surface area (Å²) in [7, 11) is 0. The molecule has 0 radical (unpaired) electrons. The highest BCUT2D eigenvalue weighted by molar-refractivity contribution is 6.34. The molecule has 0 aliphatic carbocycles. The molecule has 3 N–H and O–H groups in total. The molecule has 0 unspecified atom stereocenters. The molecule has 7 heteroatoms. The Morgan fingerprint density at radius 3 is 2.68 bits per heavy atom. The van der Waals surface area contributed by atoms with E-state index >= 15 is 0 Å². The molecule has 2 rings (SSSR count). The molecule has 0 aliphatic rings. The minimum absolute atomic E-state index is 0.647. The van der Waals surface area contributed by atoms with E-state index in [-0.39, 0.29) is 0 Å². The van der Waals surface area contributed by atoms with E-state index < -0.39 is 11.8 Å². The molecule has 0 atom stereocenters. The number of nitrogens with zero attached hydrogens (tertiary/aromatic N) is 2. The zero-order valence-corrected chi connectivity index (χ0v) is 12.9. The van der Waals surface area contributed by atoms with E-state index in [4.69, 9.17) is 17.3 Å². The van der Waals surface area contributed by atoms with Crippen LogP contribution in [0.5, 0.6) is 0 Å². The second-order valence-electron chi connectivity index (χ2n) is 4.71. The summed E-state index contributed by atoms with van der Waals surface area (Å²) in [6.07, 6.45) is 1.46. The van der Waals surface area contributed by atoms with Gasteiger partial charge in [0.05, 0.1) is 6.21 Å². The summed E-state index contributed by atoms with van der Waals surface area (Å²) in [5.41, 5.74) is 10.5. The van der Waals surface area contributed by atoms with Gasteiger partial charge in [-0.3, -0.25) is 9.59 Å². The predicted octanol–water partition coefficient (Wildman–Crippen LogP) is 1.68. The van der Waals surface area contributed by atoms with Crippen LogP contribution in [0.2, 0.25) is 5.02 Å². The number of aryl methyl sites for hydroxylation is 1. The van der Waals surface area contributed by atoms with Crippen molar-refractivity contribution in [3.63, 3.8) is 0 Å². The Labute approximate surface area is 132 Å². The molecule has 0 bridgehead atoms. The molecule has 2 aromatic rings. The summed E-state index contributed by atoms with van der Waals surface area (Å²) in [6, 6.07) is 9.40. The average molecular weight is 319 g/mol. The molecule has 6 nitrogen and oxygen atoms in total. The molecule has 1 heterocycles. The normalized spacial score (nSPS) is 10.9. The van der Waals surface area contributed by atoms with Gasteiger partial charge >= 0.3 is 11.8 Å². The van der Waals surface area contributed by atoms with Crippen molar-refractivity contribution < 1.29 is 9.59 Å². The number of nitrogens with two attached hydrogens (primary N) is 1. The molecule has 0 aliphatic heterocycles. The summed E-state index contributed by atoms with van der Waals surface area (Å²) >= 11 is 6.02. The Morgan fingerprint density at radius 1 is 1.32 bits per heavy atom. The van der Waals surface area contributed by atoms with Crippen LogP contribution < -0.4 is 11.2 Å². The summed E-state index contributed by atoms with van der Waals surface area (Å²) in [6.45, 7) is 3.87. The number of carbonyl (C=O) groups excluding carboxylic acids is 2. The first-order valence-corrected chi connectivity index (χ1v) is 6.85. The van der Waals surface area contributed by atoms with E-state index in [9.17, 15) is 9.59 Å². The topological polar surface area (TPSA) is 89.5 Å². The molecular weight excluding hydrogens is 304 g/mol. The number of benzene rings is 1. The van der Waals surface area contributed by atoms with E-state index in [1.807, 2.05) is 42.7 Å². The number of halogens is 1. The molecule has 22 heavy (non-hydrogen) atoms. The van der Waals surface area contributed by atoms with Crippen molar-refractivity contribution in [2.24, 2.45) is 10.8 Å². The van der Waals surface area contributed by atoms with Gasteiger partial charge in [0.15, 0.2) is 0 Å². The first-order chi connectivity index (χ1) is 10.4. The zero-order valence-electron chi connectivity index (χ0n) is 12.1. The summed E-state index contributed by atoms with van der Waals surface area (Å²) < 4.78 is 2.02. The van der Waals surface area contributed by atoms with Gasteiger partial charge in [0.2, 0.25) is 0 Å². The number of nitrogens with one attached hydrogen (secondary N) is 1. The first kappa shape index (κ1) is 15.8. The van der Waals surface area contributed by atoms with Crippen molar-refractivity contribution in [3.05, 3.63) is 52.3 Å². The van der Waals surface area contributed by atoms with Gasteiger partial charge in [-0.1, -0.05) is 17.7 Å². The van der Waals surface area contributed by atoms with Crippen molar-refractivity contribution in [3.8, 4) is 5.69 Å². The number of hydrogen-bond donors (Lipinski definition) is 2. The fraction of sp³-hybridized carbons (Fsp3) is 0.133. The third-order valence-corrected chi connectivity index (χ3v) is 3.37. The van der Waals surface area contributed by atoms with Crippen LogP contribution >= 0.6 is 11.6 Å². The van der Waals surface area contributed by atoms with Gasteiger partial charge in [-0.05, 0) is 38.1 Å². The molecule has 1 aromatic heterocycles. The van der Waals surface area contributed by atoms with Gasteiger partial charge in [-0.2, -0.15) is 5.10 Å². The van der Waals surface area contributed by atoms with Crippen LogP contribution in [0.1, 0.15) is 17.0 Å². The third-order valence-electron chi connectivity index (χ3n) is 3.13. The van der Waals surface area contributed by atoms with Gasteiger partial charge in [0.25, 0.3) is 0 Å². The highest BCUT2D eigenvalue weighted by Gasteiger charge is 2.10. The molecule has 0 saturated carbocycles. The van der Waals surface area contributed by atoms with Gasteiger partial charge in [-0.15, -0.1) is 0 Å². The molecule has 0 spiro atoms. The number of amides is 2. The number of aromatic nitrogens is 1. The summed E-state index contributed by atoms with van der Waals surface area (Å²) in [5, 5.41) is 4.37. The number of hydrogen-bond acceptors (Lipinski definition) is 3. The lowest BCUT2D eigenvalue weighted by atomic mass is 10.2. The van der Waals surface area contributed by atoms with E-state index in [1.54, 1.807) is 6.07 Å². The van der Waals surface area contributed by atoms with Gasteiger partial charge in [-0.25, -0.2) is 5.43 Å². The van der Waals surface area contributed by atoms with Gasteiger partial charge in [0, 0.05) is 27.7 Å². The monoisotopic (exact) mass is 318 g/mol. The average Bonchev–Trinajstić information content (AvgIpc) is 2.73. The van der Waals surface area contributed by atoms with Crippen LogP contribution in [0.4, 0.5) is 0 Å². The zero-order chi connectivity index (χ0) is 16.3. The van der Waals surface area contributed by atoms with Gasteiger partial charge < -0.3 is 10.3 Å². The first-order valence-electron chi connectivity index (χ1n) is 6.48. The van der Waals surface area contributed by atoms with Crippen LogP contribution in [-0.2, 0) is 9.59 Å². The lowest BCUT2D eigenvalue weighted by Gasteiger charge is -2.09. The number of primary amides is 1. The lowest BCUT2D eigenvalue weighted by Crippen LogP contribution is -2.32. The molecular formula is C15H15ClN4O2. The number of carbonyl (C=O) groups is 2. The van der Waals surface area contributed by atoms with Crippen molar-refractivity contribution >= 4 is 29.6 Å². The Hall–Kier alpha value is -2.60. The smallest absolute Gasteiger partial charge is 0.329 e. The fourth-order valence-corrected chi connectivity index (χ4v) is 2.33. The van der Waals surface area contributed by atoms with Crippen molar-refractivity contribution in [2.75, 3.05) is 0 Å². The lowest BCUT2D eigenvalue weighted by molar-refractivity contribution is -0.137. The Bertz CT molecular complexity index is 765. The van der Waals surface area contributed by atoms with Crippen LogP contribution in [-0.4, -0.2) is 22.6 Å². The van der Waals surface area contributed by atoms with Gasteiger partial charge in [0.1, 0.15) is 0 Å². The van der Waals surface area contributed by atoms with Crippen molar-refractivity contribution in [1.82, 2.24) is 9.99 Å². The minimum atomic E-state index is -1.08. The van der Waals surface area contributed by atoms with E-state index in [1.165, 1.54) is 6.21 Å². The van der Waals surface area contributed by atoms with Crippen molar-refractivity contribution in [1.29, 1.82) is 0 Å². The largest absolute Gasteiger partial charge is 0.361 e. The second kappa shape index (κ2) is 6.44. The van der Waals surface area contributed by atoms with E-state index in [0.717, 1.165) is 22.6 Å². The van der Waals surface area contributed by atoms with Crippen LogP contribution in [0.15, 0.2) is 35.4 Å².